The minimum Gasteiger partial charge on any atom is -0.394 e. The minimum absolute atomic E-state index is 2.40. The van der Waals surface area contributed by atoms with Crippen LogP contribution in [0.5, 0.6) is 0 Å². The molecule has 6 heavy (non-hydrogen) atoms. The van der Waals surface area contributed by atoms with Crippen LogP contribution in [0.4, 0.5) is 0 Å². The maximum atomic E-state index is 8.53. The highest BCUT2D eigenvalue weighted by atomic mass is 16.5. The van der Waals surface area contributed by atoms with Crippen LogP contribution < -0.4 is 0 Å². The maximum absolute atomic E-state index is 8.53. The van der Waals surface area contributed by atoms with Gasteiger partial charge in [0.15, 0.2) is 0 Å². The summed E-state index contributed by atoms with van der Waals surface area (Å²) in [6, 6.07) is 0. The minimum atomic E-state index is -3.30. The third kappa shape index (κ3) is 2.14. The van der Waals surface area contributed by atoms with Gasteiger partial charge >= 0.3 is 0 Å². The Balaban J connectivity index is 4.40. The lowest BCUT2D eigenvalue weighted by molar-refractivity contribution is 0.0450. The Morgan fingerprint density at radius 2 is 2.33 bits per heavy atom. The molecule has 0 aliphatic carbocycles. The van der Waals surface area contributed by atoms with Gasteiger partial charge in [-0.15, -0.1) is 0 Å². The van der Waals surface area contributed by atoms with Gasteiger partial charge in [-0.05, 0) is 0 Å². The molecule has 0 amide bonds. The molecule has 38 valence electrons. The van der Waals surface area contributed by atoms with Crippen molar-refractivity contribution in [3.8, 4) is 0 Å². The Kier molecular flexibility index (Phi) is 0.913. The van der Waals surface area contributed by atoms with E-state index in [4.69, 9.17) is 20.8 Å². The Labute approximate surface area is 41.5 Å². The highest BCUT2D eigenvalue weighted by molar-refractivity contribution is 4.43. The molecule has 0 aromatic carbocycles. The van der Waals surface area contributed by atoms with Gasteiger partial charge in [-0.25, -0.2) is 0 Å². The van der Waals surface area contributed by atoms with Crippen molar-refractivity contribution in [1.82, 2.24) is 0 Å². The first-order valence-electron chi connectivity index (χ1n) is 3.32. The van der Waals surface area contributed by atoms with Crippen LogP contribution in [-0.4, -0.2) is 34.5 Å². The predicted molar refractivity (Wildman–Crippen MR) is 20.2 cm³/mol. The van der Waals surface area contributed by atoms with Crippen LogP contribution in [0.3, 0.4) is 0 Å². The van der Waals surface area contributed by atoms with Gasteiger partial charge in [0.1, 0.15) is 6.08 Å². The molecule has 0 rings (SSSR count). The molecule has 0 bridgehead atoms. The fourth-order valence-electron chi connectivity index (χ4n) is 0.0289. The first kappa shape index (κ1) is 1.78. The van der Waals surface area contributed by atoms with E-state index in [1.165, 1.54) is 0 Å². The Morgan fingerprint density at radius 3 is 2.33 bits per heavy atom. The summed E-state index contributed by atoms with van der Waals surface area (Å²) in [6.45, 7) is -5.69. The number of hydrogen-bond acceptors (Lipinski definition) is 3. The molecule has 2 unspecified atom stereocenters. The first-order chi connectivity index (χ1) is 4.19. The van der Waals surface area contributed by atoms with Crippen molar-refractivity contribution in [3.63, 3.8) is 0 Å². The van der Waals surface area contributed by atoms with Gasteiger partial charge in [-0.3, -0.25) is 0 Å². The summed E-state index contributed by atoms with van der Waals surface area (Å²) in [5, 5.41) is 25.1. The molecule has 3 nitrogen and oxygen atoms in total. The van der Waals surface area contributed by atoms with Gasteiger partial charge in [0.2, 0.25) is 0 Å². The van der Waals surface area contributed by atoms with Crippen LogP contribution in [0.2, 0.25) is 0 Å². The van der Waals surface area contributed by atoms with Crippen LogP contribution >= 0.6 is 0 Å². The molecule has 0 aromatic rings. The zero-order valence-electron chi connectivity index (χ0n) is 6.92. The Hall–Kier alpha value is -0.120. The summed E-state index contributed by atoms with van der Waals surface area (Å²) in [6.07, 6.45) is -3.20. The van der Waals surface area contributed by atoms with E-state index in [0.29, 0.717) is 0 Å². The largest absolute Gasteiger partial charge is 0.394 e. The maximum Gasteiger partial charge on any atom is 0.100 e. The second-order valence-corrected chi connectivity index (χ2v) is 0.626. The molecule has 0 saturated carbocycles. The second-order valence-electron chi connectivity index (χ2n) is 0.626. The van der Waals surface area contributed by atoms with Crippen molar-refractivity contribution in [2.75, 3.05) is 13.1 Å². The van der Waals surface area contributed by atoms with E-state index in [-0.39, 0.29) is 0 Å². The molecule has 0 aliphatic heterocycles. The highest BCUT2D eigenvalue weighted by Crippen LogP contribution is 1.71. The Bertz CT molecular complexity index is 117. The smallest absolute Gasteiger partial charge is 0.100 e. The van der Waals surface area contributed by atoms with Crippen molar-refractivity contribution >= 4 is 0 Å². The van der Waals surface area contributed by atoms with E-state index in [1.54, 1.807) is 0 Å². The van der Waals surface area contributed by atoms with Crippen LogP contribution in [0, 0.1) is 0 Å². The third-order valence-corrected chi connectivity index (χ3v) is 0.237. The van der Waals surface area contributed by atoms with E-state index in [1.807, 2.05) is 0 Å². The van der Waals surface area contributed by atoms with Crippen molar-refractivity contribution in [2.24, 2.45) is 0 Å². The summed E-state index contributed by atoms with van der Waals surface area (Å²) in [5.74, 6) is 0. The lowest BCUT2D eigenvalue weighted by atomic mass is 11.0. The van der Waals surface area contributed by atoms with Crippen molar-refractivity contribution in [2.45, 2.75) is 6.08 Å². The van der Waals surface area contributed by atoms with E-state index in [0.717, 1.165) is 0 Å². The predicted octanol–water partition coefficient (Wildman–Crippen LogP) is -1.67. The average molecular weight is 98.1 g/mol. The van der Waals surface area contributed by atoms with Gasteiger partial charge in [0.05, 0.1) is 18.6 Å². The Morgan fingerprint density at radius 1 is 1.83 bits per heavy atom. The van der Waals surface area contributed by atoms with Crippen LogP contribution in [0.15, 0.2) is 0 Å². The zero-order valence-corrected chi connectivity index (χ0v) is 2.92. The van der Waals surface area contributed by atoms with Gasteiger partial charge in [0, 0.05) is 0 Å². The number of aliphatic hydroxyl groups excluding tert-OH is 1. The standard InChI is InChI=1S/C3H8O3/c4-1-3(6)2-5/h3-6H,1-2H2/i1D2,2+1D,3+1D. The molecule has 0 spiro atoms. The van der Waals surface area contributed by atoms with Crippen LogP contribution in [-0.2, 0) is 0 Å². The van der Waals surface area contributed by atoms with E-state index < -0.39 is 19.2 Å². The van der Waals surface area contributed by atoms with Gasteiger partial charge in [0.25, 0.3) is 0 Å². The highest BCUT2D eigenvalue weighted by Gasteiger charge is 1.93. The number of rotatable bonds is 2. The SMILES string of the molecule is [2H][13CH](O)[13C]([2H])(O)C([2H])([2H])O. The summed E-state index contributed by atoms with van der Waals surface area (Å²) < 4.78 is 25.6. The van der Waals surface area contributed by atoms with Crippen LogP contribution in [0.25, 0.3) is 0 Å². The van der Waals surface area contributed by atoms with Crippen molar-refractivity contribution < 1.29 is 20.8 Å². The van der Waals surface area contributed by atoms with Crippen LogP contribution in [0.1, 0.15) is 5.48 Å². The summed E-state index contributed by atoms with van der Waals surface area (Å²) in [4.78, 5) is 0. The molecule has 3 heteroatoms. The molecule has 0 heterocycles. The monoisotopic (exact) mass is 98.1 g/mol. The van der Waals surface area contributed by atoms with E-state index in [9.17, 15) is 0 Å². The molecule has 3 N–H and O–H groups in total. The van der Waals surface area contributed by atoms with Gasteiger partial charge in [-0.2, -0.15) is 0 Å². The zero-order chi connectivity index (χ0) is 8.58. The summed E-state index contributed by atoms with van der Waals surface area (Å²) in [7, 11) is 0. The molecule has 2 atom stereocenters. The molecule has 0 radical (unpaired) electrons. The first-order valence-corrected chi connectivity index (χ1v) is 1.24. The lowest BCUT2D eigenvalue weighted by Gasteiger charge is -1.96. The van der Waals surface area contributed by atoms with Gasteiger partial charge in [-0.1, -0.05) is 0 Å². The average Bonchev–Trinajstić information content (AvgIpc) is 1.62. The number of hydrogen-bond donors (Lipinski definition) is 3. The molecule has 0 aromatic heterocycles. The normalized spacial score (nSPS) is 37.2. The molecule has 0 fully saturated rings. The molecule has 0 aliphatic rings. The molecule has 0 saturated heterocycles. The van der Waals surface area contributed by atoms with Gasteiger partial charge < -0.3 is 15.3 Å². The fourth-order valence-corrected chi connectivity index (χ4v) is 0.0289. The molecular weight excluding hydrogens is 86.0 g/mol. The summed E-state index contributed by atoms with van der Waals surface area (Å²) >= 11 is 0. The fraction of sp³-hybridized carbons (Fsp3) is 1.00. The lowest BCUT2D eigenvalue weighted by Crippen LogP contribution is -2.15. The number of aliphatic hydroxyl groups is 3. The quantitative estimate of drug-likeness (QED) is 0.362. The second kappa shape index (κ2) is 3.08. The summed E-state index contributed by atoms with van der Waals surface area (Å²) in [5.41, 5.74) is 0. The van der Waals surface area contributed by atoms with Crippen molar-refractivity contribution in [3.05, 3.63) is 0 Å². The third-order valence-electron chi connectivity index (χ3n) is 0.237. The van der Waals surface area contributed by atoms with E-state index in [2.05, 4.69) is 0 Å². The van der Waals surface area contributed by atoms with E-state index >= 15 is 0 Å². The van der Waals surface area contributed by atoms with Crippen molar-refractivity contribution in [1.29, 1.82) is 0 Å². The molecular formula is C3H8O3. The topological polar surface area (TPSA) is 60.7 Å².